The molecule has 65 heavy (non-hydrogen) atoms. The number of carbonyl (C=O) groups excluding carboxylic acids is 1. The Morgan fingerprint density at radius 3 is 1.91 bits per heavy atom. The maximum atomic E-state index is 15.3. The Bertz CT molecular complexity index is 2640. The van der Waals surface area contributed by atoms with Gasteiger partial charge < -0.3 is 23.8 Å². The largest absolute Gasteiger partial charge is 0.497 e. The number of methoxy groups -OCH3 is 1. The van der Waals surface area contributed by atoms with Crippen molar-refractivity contribution < 1.29 is 23.7 Å². The van der Waals surface area contributed by atoms with E-state index in [1.54, 1.807) is 7.11 Å². The SMILES string of the molecule is COc1ccc([C@@H]2c3nc(N(Cc4ccccc4)C(C)C)ccc3[C@H](c3ccc4c(c3)OCC4)[C@H]2C(=O)OC(C)(C)C)c(COC(c2ccccc2)(c2ccccc2)c2ccccc2)c1. The van der Waals surface area contributed by atoms with Gasteiger partial charge >= 0.3 is 5.97 Å². The molecule has 1 aliphatic carbocycles. The number of rotatable bonds is 14. The van der Waals surface area contributed by atoms with Crippen LogP contribution in [0.15, 0.2) is 170 Å². The van der Waals surface area contributed by atoms with Crippen molar-refractivity contribution >= 4 is 11.8 Å². The summed E-state index contributed by atoms with van der Waals surface area (Å²) in [5.41, 5.74) is 8.27. The average Bonchev–Trinajstić information content (AvgIpc) is 3.94. The van der Waals surface area contributed by atoms with E-state index < -0.39 is 23.0 Å². The number of fused-ring (bicyclic) bond motifs is 2. The summed E-state index contributed by atoms with van der Waals surface area (Å²) < 4.78 is 26.1. The van der Waals surface area contributed by atoms with Gasteiger partial charge in [-0.2, -0.15) is 0 Å². The highest BCUT2D eigenvalue weighted by molar-refractivity contribution is 5.80. The van der Waals surface area contributed by atoms with Gasteiger partial charge in [-0.25, -0.2) is 4.98 Å². The number of hydrogen-bond donors (Lipinski definition) is 0. The maximum Gasteiger partial charge on any atom is 0.311 e. The molecule has 7 aromatic rings. The van der Waals surface area contributed by atoms with Gasteiger partial charge in [0.1, 0.15) is 28.5 Å². The van der Waals surface area contributed by atoms with Crippen molar-refractivity contribution in [3.8, 4) is 11.5 Å². The molecular weight excluding hydrogens is 805 g/mol. The van der Waals surface area contributed by atoms with E-state index in [1.807, 2.05) is 51.1 Å². The predicted octanol–water partition coefficient (Wildman–Crippen LogP) is 12.2. The number of aromatic nitrogens is 1. The lowest BCUT2D eigenvalue weighted by molar-refractivity contribution is -0.160. The molecule has 0 unspecified atom stereocenters. The van der Waals surface area contributed by atoms with E-state index in [-0.39, 0.29) is 24.5 Å². The van der Waals surface area contributed by atoms with Crippen molar-refractivity contribution in [2.24, 2.45) is 5.92 Å². The van der Waals surface area contributed by atoms with Gasteiger partial charge in [-0.3, -0.25) is 4.79 Å². The first kappa shape index (κ1) is 43.5. The van der Waals surface area contributed by atoms with Crippen LogP contribution in [0.3, 0.4) is 0 Å². The zero-order valence-corrected chi connectivity index (χ0v) is 38.2. The summed E-state index contributed by atoms with van der Waals surface area (Å²) in [5, 5.41) is 0. The second kappa shape index (κ2) is 18.4. The van der Waals surface area contributed by atoms with Crippen molar-refractivity contribution in [3.05, 3.63) is 226 Å². The highest BCUT2D eigenvalue weighted by atomic mass is 16.6. The van der Waals surface area contributed by atoms with Crippen LogP contribution in [0, 0.1) is 5.92 Å². The van der Waals surface area contributed by atoms with E-state index >= 15 is 4.79 Å². The lowest BCUT2D eigenvalue weighted by Gasteiger charge is -2.36. The average molecular weight is 863 g/mol. The molecule has 0 amide bonds. The highest BCUT2D eigenvalue weighted by Crippen LogP contribution is 2.55. The Hall–Kier alpha value is -6.70. The predicted molar refractivity (Wildman–Crippen MR) is 258 cm³/mol. The quantitative estimate of drug-likeness (QED) is 0.0797. The summed E-state index contributed by atoms with van der Waals surface area (Å²) in [6.45, 7) is 11.7. The molecule has 330 valence electrons. The minimum atomic E-state index is -0.990. The molecule has 0 bridgehead atoms. The number of esters is 1. The molecule has 7 nitrogen and oxygen atoms in total. The lowest BCUT2D eigenvalue weighted by Crippen LogP contribution is -2.34. The third-order valence-electron chi connectivity index (χ3n) is 12.8. The standard InChI is InChI=1S/C58H58N2O5/c1-39(2)60(37-40-19-11-7-12-20-40)51-32-31-49-52(42-28-27-41-33-34-63-50(41)36-42)54(56(61)65-57(3,4)5)53(55(49)59-51)48-30-29-47(62-6)35-43(48)38-64-58(44-21-13-8-14-22-44,45-23-15-9-16-24-45)46-25-17-10-18-26-46/h7-32,35-36,39,52-54H,33-34,37-38H2,1-6H3/t52-,53-,54+/m0/s1. The second-order valence-electron chi connectivity index (χ2n) is 18.5. The summed E-state index contributed by atoms with van der Waals surface area (Å²) >= 11 is 0. The van der Waals surface area contributed by atoms with Crippen LogP contribution in [-0.4, -0.2) is 36.3 Å². The van der Waals surface area contributed by atoms with E-state index in [2.05, 4.69) is 158 Å². The molecule has 9 rings (SSSR count). The van der Waals surface area contributed by atoms with E-state index in [0.717, 1.165) is 62.6 Å². The summed E-state index contributed by atoms with van der Waals surface area (Å²) in [5.74, 6) is 0.537. The first-order valence-corrected chi connectivity index (χ1v) is 22.8. The zero-order valence-electron chi connectivity index (χ0n) is 38.2. The number of hydrogen-bond acceptors (Lipinski definition) is 7. The van der Waals surface area contributed by atoms with Crippen molar-refractivity contribution in [2.75, 3.05) is 18.6 Å². The van der Waals surface area contributed by atoms with Gasteiger partial charge in [0.05, 0.1) is 31.9 Å². The minimum Gasteiger partial charge on any atom is -0.497 e. The van der Waals surface area contributed by atoms with E-state index in [4.69, 9.17) is 23.9 Å². The lowest BCUT2D eigenvalue weighted by atomic mass is 9.78. The molecule has 1 aliphatic heterocycles. The van der Waals surface area contributed by atoms with Gasteiger partial charge in [0, 0.05) is 30.8 Å². The zero-order chi connectivity index (χ0) is 45.1. The Balaban J connectivity index is 1.25. The molecule has 7 heteroatoms. The first-order valence-electron chi connectivity index (χ1n) is 22.8. The van der Waals surface area contributed by atoms with E-state index in [1.165, 1.54) is 11.1 Å². The third kappa shape index (κ3) is 8.78. The van der Waals surface area contributed by atoms with Crippen molar-refractivity contribution in [1.29, 1.82) is 0 Å². The molecule has 0 saturated heterocycles. The summed E-state index contributed by atoms with van der Waals surface area (Å²) in [4.78, 5) is 23.2. The van der Waals surface area contributed by atoms with Crippen molar-refractivity contribution in [2.45, 2.75) is 83.3 Å². The van der Waals surface area contributed by atoms with E-state index in [9.17, 15) is 0 Å². The molecule has 0 saturated carbocycles. The summed E-state index contributed by atoms with van der Waals surface area (Å²) in [7, 11) is 1.68. The normalized spacial score (nSPS) is 16.7. The Kier molecular flexibility index (Phi) is 12.3. The number of carbonyl (C=O) groups is 1. The van der Waals surface area contributed by atoms with Crippen LogP contribution in [0.1, 0.15) is 102 Å². The Labute approximate surface area is 384 Å². The van der Waals surface area contributed by atoms with Crippen LogP contribution in [0.25, 0.3) is 0 Å². The van der Waals surface area contributed by atoms with Gasteiger partial charge in [0.25, 0.3) is 0 Å². The molecule has 1 aromatic heterocycles. The van der Waals surface area contributed by atoms with Crippen LogP contribution in [-0.2, 0) is 39.4 Å². The molecule has 2 heterocycles. The van der Waals surface area contributed by atoms with Crippen LogP contribution in [0.2, 0.25) is 0 Å². The van der Waals surface area contributed by atoms with Gasteiger partial charge in [0.2, 0.25) is 0 Å². The number of ether oxygens (including phenoxy) is 4. The second-order valence-corrected chi connectivity index (χ2v) is 18.5. The van der Waals surface area contributed by atoms with Crippen LogP contribution >= 0.6 is 0 Å². The van der Waals surface area contributed by atoms with E-state index in [0.29, 0.717) is 18.9 Å². The minimum absolute atomic E-state index is 0.138. The van der Waals surface area contributed by atoms with Crippen LogP contribution in [0.5, 0.6) is 11.5 Å². The number of benzene rings is 6. The van der Waals surface area contributed by atoms with Gasteiger partial charge in [-0.1, -0.05) is 146 Å². The molecule has 2 aliphatic rings. The van der Waals surface area contributed by atoms with Crippen molar-refractivity contribution in [1.82, 2.24) is 4.98 Å². The number of pyridine rings is 1. The van der Waals surface area contributed by atoms with Crippen LogP contribution < -0.4 is 14.4 Å². The number of anilines is 1. The Morgan fingerprint density at radius 2 is 1.32 bits per heavy atom. The van der Waals surface area contributed by atoms with Gasteiger partial charge in [-0.15, -0.1) is 0 Å². The first-order chi connectivity index (χ1) is 31.5. The summed E-state index contributed by atoms with van der Waals surface area (Å²) in [6, 6.07) is 58.8. The smallest absolute Gasteiger partial charge is 0.311 e. The molecule has 0 fully saturated rings. The van der Waals surface area contributed by atoms with Gasteiger partial charge in [0.15, 0.2) is 0 Å². The third-order valence-corrected chi connectivity index (χ3v) is 12.8. The summed E-state index contributed by atoms with van der Waals surface area (Å²) in [6.07, 6.45) is 0.859. The fraction of sp³-hybridized carbons (Fsp3) is 0.276. The van der Waals surface area contributed by atoms with Gasteiger partial charge in [-0.05, 0) is 109 Å². The fourth-order valence-corrected chi connectivity index (χ4v) is 9.85. The molecule has 0 radical (unpaired) electrons. The Morgan fingerprint density at radius 1 is 0.723 bits per heavy atom. The highest BCUT2D eigenvalue weighted by Gasteiger charge is 2.50. The van der Waals surface area contributed by atoms with Crippen molar-refractivity contribution in [3.63, 3.8) is 0 Å². The molecule has 0 spiro atoms. The topological polar surface area (TPSA) is 70.1 Å². The fourth-order valence-electron chi connectivity index (χ4n) is 9.85. The molecule has 0 N–H and O–H groups in total. The van der Waals surface area contributed by atoms with Crippen LogP contribution in [0.4, 0.5) is 5.82 Å². The monoisotopic (exact) mass is 862 g/mol. The maximum absolute atomic E-state index is 15.3. The molecule has 3 atom stereocenters. The molecular formula is C58H58N2O5. The number of nitrogens with zero attached hydrogens (tertiary/aromatic N) is 2. The molecule has 6 aromatic carbocycles.